The molecule has 1 aromatic carbocycles. The summed E-state index contributed by atoms with van der Waals surface area (Å²) in [6.07, 6.45) is 2.73. The van der Waals surface area contributed by atoms with Crippen LogP contribution < -0.4 is 9.80 Å². The highest BCUT2D eigenvalue weighted by molar-refractivity contribution is 7.89. The summed E-state index contributed by atoms with van der Waals surface area (Å²) in [5.41, 5.74) is 0.679. The molecule has 12 heteroatoms. The van der Waals surface area contributed by atoms with Crippen LogP contribution in [0.1, 0.15) is 18.4 Å². The normalized spacial score (nSPS) is 22.4. The van der Waals surface area contributed by atoms with Crippen LogP contribution in [0.3, 0.4) is 0 Å². The number of rotatable bonds is 6. The first-order valence-corrected chi connectivity index (χ1v) is 14.6. The second-order valence-corrected chi connectivity index (χ2v) is 12.3. The molecule has 5 rings (SSSR count). The topological polar surface area (TPSA) is 82.1 Å². The maximum absolute atomic E-state index is 13.2. The van der Waals surface area contributed by atoms with Gasteiger partial charge in [0.25, 0.3) is 0 Å². The maximum Gasteiger partial charge on any atom is 0.244 e. The monoisotopic (exact) mass is 554 g/mol. The molecule has 9 nitrogen and oxygen atoms in total. The van der Waals surface area contributed by atoms with Gasteiger partial charge in [0.1, 0.15) is 4.90 Å². The Kier molecular flexibility index (Phi) is 7.90. The minimum atomic E-state index is -3.71. The van der Waals surface area contributed by atoms with Crippen LogP contribution in [0.15, 0.2) is 29.2 Å². The summed E-state index contributed by atoms with van der Waals surface area (Å²) in [6, 6.07) is 7.02. The Bertz CT molecular complexity index is 1160. The summed E-state index contributed by atoms with van der Waals surface area (Å²) in [5.74, 6) is 1.64. The predicted octanol–water partition coefficient (Wildman–Crippen LogP) is 2.90. The number of anilines is 2. The minimum absolute atomic E-state index is 0.0968. The second-order valence-electron chi connectivity index (χ2n) is 9.60. The van der Waals surface area contributed by atoms with E-state index in [2.05, 4.69) is 24.9 Å². The highest BCUT2D eigenvalue weighted by Gasteiger charge is 2.31. The first kappa shape index (κ1) is 25.9. The molecule has 0 aliphatic carbocycles. The highest BCUT2D eigenvalue weighted by atomic mass is 35.5. The van der Waals surface area contributed by atoms with E-state index in [0.717, 1.165) is 51.0 Å². The first-order chi connectivity index (χ1) is 17.3. The largest absolute Gasteiger partial charge is 0.377 e. The van der Waals surface area contributed by atoms with E-state index in [-0.39, 0.29) is 9.92 Å². The third-order valence-electron chi connectivity index (χ3n) is 7.21. The number of aromatic nitrogens is 2. The van der Waals surface area contributed by atoms with Gasteiger partial charge in [-0.05, 0) is 49.6 Å². The summed E-state index contributed by atoms with van der Waals surface area (Å²) in [6.45, 7) is 9.26. The zero-order valence-electron chi connectivity index (χ0n) is 20.4. The molecule has 1 atom stereocenters. The molecule has 0 amide bonds. The van der Waals surface area contributed by atoms with E-state index < -0.39 is 10.0 Å². The molecule has 0 radical (unpaired) electrons. The third-order valence-corrected chi connectivity index (χ3v) is 9.98. The Balaban J connectivity index is 1.15. The van der Waals surface area contributed by atoms with Crippen molar-refractivity contribution >= 4 is 44.9 Å². The lowest BCUT2D eigenvalue weighted by atomic mass is 10.2. The van der Waals surface area contributed by atoms with Crippen molar-refractivity contribution < 1.29 is 13.2 Å². The van der Waals surface area contributed by atoms with E-state index in [0.29, 0.717) is 42.9 Å². The maximum atomic E-state index is 13.2. The third kappa shape index (κ3) is 5.58. The Morgan fingerprint density at radius 2 is 1.53 bits per heavy atom. The van der Waals surface area contributed by atoms with Crippen molar-refractivity contribution in [2.24, 2.45) is 0 Å². The molecule has 2 aromatic rings. The smallest absolute Gasteiger partial charge is 0.244 e. The molecule has 3 fully saturated rings. The van der Waals surface area contributed by atoms with Gasteiger partial charge < -0.3 is 14.5 Å². The van der Waals surface area contributed by atoms with Crippen molar-refractivity contribution in [3.63, 3.8) is 0 Å². The van der Waals surface area contributed by atoms with Gasteiger partial charge in [-0.1, -0.05) is 23.2 Å². The van der Waals surface area contributed by atoms with E-state index in [1.165, 1.54) is 23.2 Å². The average molecular weight is 556 g/mol. The molecule has 1 aromatic heterocycles. The molecule has 0 bridgehead atoms. The van der Waals surface area contributed by atoms with Gasteiger partial charge in [-0.3, -0.25) is 4.90 Å². The molecule has 3 aliphatic heterocycles. The number of aryl methyl sites for hydroxylation is 1. The number of ether oxygens (including phenoxy) is 1. The Labute approximate surface area is 223 Å². The molecule has 3 aliphatic rings. The lowest BCUT2D eigenvalue weighted by Crippen LogP contribution is -2.49. The van der Waals surface area contributed by atoms with Crippen LogP contribution in [0.2, 0.25) is 10.0 Å². The molecule has 36 heavy (non-hydrogen) atoms. The molecule has 0 N–H and O–H groups in total. The van der Waals surface area contributed by atoms with Crippen LogP contribution in [0, 0.1) is 6.92 Å². The quantitative estimate of drug-likeness (QED) is 0.539. The van der Waals surface area contributed by atoms with Gasteiger partial charge in [-0.25, -0.2) is 8.42 Å². The standard InChI is InChI=1S/C24H32Cl2N6O3S/c1-18-15-22(21(26)16-20(18)25)36(33,34)32-12-10-31(11-13-32)24-5-4-23(27-28-24)30-8-6-29(7-9-30)17-19-3-2-14-35-19/h4-5,15-16,19H,2-3,6-14,17H2,1H3. The number of hydrogen-bond acceptors (Lipinski definition) is 8. The molecular formula is C24H32Cl2N6O3S. The fourth-order valence-corrected chi connectivity index (χ4v) is 7.25. The van der Waals surface area contributed by atoms with Crippen LogP contribution in [0.5, 0.6) is 0 Å². The fraction of sp³-hybridized carbons (Fsp3) is 0.583. The molecule has 0 spiro atoms. The van der Waals surface area contributed by atoms with Crippen LogP contribution in [-0.4, -0.2) is 99.4 Å². The average Bonchev–Trinajstić information content (AvgIpc) is 3.40. The van der Waals surface area contributed by atoms with Crippen LogP contribution >= 0.6 is 23.2 Å². The van der Waals surface area contributed by atoms with Gasteiger partial charge in [0.15, 0.2) is 11.6 Å². The molecule has 3 saturated heterocycles. The van der Waals surface area contributed by atoms with Gasteiger partial charge >= 0.3 is 0 Å². The van der Waals surface area contributed by atoms with Gasteiger partial charge in [-0.2, -0.15) is 4.31 Å². The van der Waals surface area contributed by atoms with E-state index in [1.54, 1.807) is 13.0 Å². The van der Waals surface area contributed by atoms with Gasteiger partial charge in [0, 0.05) is 70.5 Å². The number of sulfonamides is 1. The van der Waals surface area contributed by atoms with E-state index in [4.69, 9.17) is 27.9 Å². The fourth-order valence-electron chi connectivity index (χ4n) is 5.02. The Morgan fingerprint density at radius 1 is 0.917 bits per heavy atom. The Morgan fingerprint density at radius 3 is 2.08 bits per heavy atom. The lowest BCUT2D eigenvalue weighted by Gasteiger charge is -2.36. The van der Waals surface area contributed by atoms with Crippen molar-refractivity contribution in [1.82, 2.24) is 19.4 Å². The first-order valence-electron chi connectivity index (χ1n) is 12.4. The van der Waals surface area contributed by atoms with Crippen molar-refractivity contribution in [3.8, 4) is 0 Å². The number of benzene rings is 1. The minimum Gasteiger partial charge on any atom is -0.377 e. The van der Waals surface area contributed by atoms with Crippen molar-refractivity contribution in [2.75, 3.05) is 75.3 Å². The highest BCUT2D eigenvalue weighted by Crippen LogP contribution is 2.31. The summed E-state index contributed by atoms with van der Waals surface area (Å²) in [7, 11) is -3.71. The zero-order chi connectivity index (χ0) is 25.3. The lowest BCUT2D eigenvalue weighted by molar-refractivity contribution is 0.0712. The van der Waals surface area contributed by atoms with Crippen molar-refractivity contribution in [3.05, 3.63) is 39.9 Å². The van der Waals surface area contributed by atoms with Crippen molar-refractivity contribution in [1.29, 1.82) is 0 Å². The second kappa shape index (κ2) is 11.0. The molecule has 196 valence electrons. The van der Waals surface area contributed by atoms with Gasteiger partial charge in [0.05, 0.1) is 11.1 Å². The van der Waals surface area contributed by atoms with Gasteiger partial charge in [-0.15, -0.1) is 10.2 Å². The number of halogens is 2. The molecule has 1 unspecified atom stereocenters. The molecular weight excluding hydrogens is 523 g/mol. The van der Waals surface area contributed by atoms with Crippen molar-refractivity contribution in [2.45, 2.75) is 30.8 Å². The Hall–Kier alpha value is -1.69. The SMILES string of the molecule is Cc1cc(S(=O)(=O)N2CCN(c3ccc(N4CCN(CC5CCCO5)CC4)nn3)CC2)c(Cl)cc1Cl. The van der Waals surface area contributed by atoms with E-state index in [9.17, 15) is 8.42 Å². The summed E-state index contributed by atoms with van der Waals surface area (Å²) < 4.78 is 33.6. The number of hydrogen-bond donors (Lipinski definition) is 0. The number of piperazine rings is 2. The molecule has 0 saturated carbocycles. The number of nitrogens with zero attached hydrogens (tertiary/aromatic N) is 6. The van der Waals surface area contributed by atoms with E-state index >= 15 is 0 Å². The summed E-state index contributed by atoms with van der Waals surface area (Å²) >= 11 is 12.3. The van der Waals surface area contributed by atoms with Crippen LogP contribution in [0.25, 0.3) is 0 Å². The summed E-state index contributed by atoms with van der Waals surface area (Å²) in [4.78, 5) is 6.90. The van der Waals surface area contributed by atoms with Crippen LogP contribution in [0.4, 0.5) is 11.6 Å². The van der Waals surface area contributed by atoms with Crippen LogP contribution in [-0.2, 0) is 14.8 Å². The molecule has 4 heterocycles. The summed E-state index contributed by atoms with van der Waals surface area (Å²) in [5, 5.41) is 9.53. The van der Waals surface area contributed by atoms with Gasteiger partial charge in [0.2, 0.25) is 10.0 Å². The predicted molar refractivity (Wildman–Crippen MR) is 142 cm³/mol. The zero-order valence-corrected chi connectivity index (χ0v) is 22.8. The van der Waals surface area contributed by atoms with E-state index in [1.807, 2.05) is 12.1 Å².